The summed E-state index contributed by atoms with van der Waals surface area (Å²) >= 11 is 0. The summed E-state index contributed by atoms with van der Waals surface area (Å²) in [6.07, 6.45) is 5.52. The van der Waals surface area contributed by atoms with Gasteiger partial charge in [-0.2, -0.15) is 0 Å². The molecule has 0 saturated carbocycles. The van der Waals surface area contributed by atoms with Gasteiger partial charge in [0.25, 0.3) is 0 Å². The molecule has 150 valence electrons. The molecule has 1 fully saturated rings. The number of allylic oxidation sites excluding steroid dienone is 1. The summed E-state index contributed by atoms with van der Waals surface area (Å²) in [5, 5.41) is 3.06. The number of ether oxygens (including phenoxy) is 3. The average molecular weight is 386 g/mol. The minimum Gasteiger partial charge on any atom is -0.486 e. The molecule has 1 atom stereocenters. The van der Waals surface area contributed by atoms with Crippen molar-refractivity contribution in [1.82, 2.24) is 4.90 Å². The lowest BCUT2D eigenvalue weighted by molar-refractivity contribution is -0.138. The van der Waals surface area contributed by atoms with E-state index in [9.17, 15) is 9.59 Å². The number of benzene rings is 1. The van der Waals surface area contributed by atoms with Gasteiger partial charge in [0.2, 0.25) is 11.8 Å². The maximum absolute atomic E-state index is 13.4. The van der Waals surface area contributed by atoms with Crippen molar-refractivity contribution < 1.29 is 23.8 Å². The molecule has 2 amide bonds. The predicted molar refractivity (Wildman–Crippen MR) is 103 cm³/mol. The summed E-state index contributed by atoms with van der Waals surface area (Å²) in [5.41, 5.74) is 0.837. The Balaban J connectivity index is 1.58. The summed E-state index contributed by atoms with van der Waals surface area (Å²) in [5.74, 6) is 1.33. The number of amides is 2. The zero-order chi connectivity index (χ0) is 19.6. The summed E-state index contributed by atoms with van der Waals surface area (Å²) in [6, 6.07) is 5.44. The van der Waals surface area contributed by atoms with E-state index >= 15 is 0 Å². The number of carbonyl (C=O) groups is 2. The number of fused-ring (bicyclic) bond motifs is 2. The molecule has 4 rings (SSSR count). The number of methoxy groups -OCH3 is 1. The topological polar surface area (TPSA) is 77.1 Å². The maximum Gasteiger partial charge on any atom is 0.236 e. The highest BCUT2D eigenvalue weighted by Gasteiger charge is 2.49. The van der Waals surface area contributed by atoms with Gasteiger partial charge in [-0.25, -0.2) is 0 Å². The van der Waals surface area contributed by atoms with E-state index in [1.54, 1.807) is 18.1 Å². The minimum atomic E-state index is -0.673. The zero-order valence-electron chi connectivity index (χ0n) is 16.2. The third kappa shape index (κ3) is 3.35. The standard InChI is InChI=1S/C21H26N2O5/c1-26-11-10-23-18-4-2-3-8-21(18,9-7-19(23)24)20(25)22-15-5-6-16-17(14-15)28-13-12-27-16/h4-6,14H,2-3,7-13H2,1H3,(H,22,25)/t21-/m1/s1. The zero-order valence-corrected chi connectivity index (χ0v) is 16.2. The number of anilines is 1. The van der Waals surface area contributed by atoms with Crippen LogP contribution in [0.1, 0.15) is 32.1 Å². The summed E-state index contributed by atoms with van der Waals surface area (Å²) in [4.78, 5) is 27.7. The lowest BCUT2D eigenvalue weighted by Crippen LogP contribution is -2.51. The molecule has 1 aromatic carbocycles. The van der Waals surface area contributed by atoms with Crippen molar-refractivity contribution in [2.75, 3.05) is 38.8 Å². The molecule has 2 aliphatic heterocycles. The monoisotopic (exact) mass is 386 g/mol. The van der Waals surface area contributed by atoms with Crippen LogP contribution in [0.15, 0.2) is 30.0 Å². The highest BCUT2D eigenvalue weighted by molar-refractivity contribution is 5.99. The minimum absolute atomic E-state index is 0.0629. The van der Waals surface area contributed by atoms with Crippen molar-refractivity contribution >= 4 is 17.5 Å². The van der Waals surface area contributed by atoms with Gasteiger partial charge in [0.1, 0.15) is 13.2 Å². The lowest BCUT2D eigenvalue weighted by atomic mass is 9.69. The molecule has 2 heterocycles. The van der Waals surface area contributed by atoms with Gasteiger partial charge in [-0.3, -0.25) is 9.59 Å². The second-order valence-electron chi connectivity index (χ2n) is 7.41. The van der Waals surface area contributed by atoms with E-state index in [1.807, 2.05) is 12.1 Å². The Kier molecular flexibility index (Phi) is 5.26. The largest absolute Gasteiger partial charge is 0.486 e. The number of likely N-dealkylation sites (tertiary alicyclic amines) is 1. The number of rotatable bonds is 5. The average Bonchev–Trinajstić information content (AvgIpc) is 2.73. The molecular formula is C21H26N2O5. The number of nitrogens with one attached hydrogen (secondary N) is 1. The molecule has 0 aromatic heterocycles. The molecule has 1 saturated heterocycles. The van der Waals surface area contributed by atoms with E-state index in [0.717, 1.165) is 25.0 Å². The van der Waals surface area contributed by atoms with Crippen LogP contribution in [0.25, 0.3) is 0 Å². The van der Waals surface area contributed by atoms with Crippen LogP contribution in [0.2, 0.25) is 0 Å². The van der Waals surface area contributed by atoms with Gasteiger partial charge in [-0.1, -0.05) is 6.08 Å². The first-order valence-corrected chi connectivity index (χ1v) is 9.85. The normalized spacial score (nSPS) is 23.7. The van der Waals surface area contributed by atoms with Crippen molar-refractivity contribution in [2.24, 2.45) is 5.41 Å². The second-order valence-corrected chi connectivity index (χ2v) is 7.41. The Hall–Kier alpha value is -2.54. The Morgan fingerprint density at radius 3 is 2.89 bits per heavy atom. The molecule has 1 N–H and O–H groups in total. The molecule has 0 spiro atoms. The van der Waals surface area contributed by atoms with Gasteiger partial charge in [0.15, 0.2) is 11.5 Å². The number of nitrogens with zero attached hydrogens (tertiary/aromatic N) is 1. The van der Waals surface area contributed by atoms with Crippen molar-refractivity contribution in [3.8, 4) is 11.5 Å². The Morgan fingerprint density at radius 2 is 2.07 bits per heavy atom. The van der Waals surface area contributed by atoms with Gasteiger partial charge >= 0.3 is 0 Å². The smallest absolute Gasteiger partial charge is 0.236 e. The molecular weight excluding hydrogens is 360 g/mol. The Morgan fingerprint density at radius 1 is 1.25 bits per heavy atom. The predicted octanol–water partition coefficient (Wildman–Crippen LogP) is 2.72. The van der Waals surface area contributed by atoms with Crippen LogP contribution in [0, 0.1) is 5.41 Å². The quantitative estimate of drug-likeness (QED) is 0.842. The maximum atomic E-state index is 13.4. The first-order valence-electron chi connectivity index (χ1n) is 9.85. The van der Waals surface area contributed by atoms with Crippen LogP contribution in [0.4, 0.5) is 5.69 Å². The van der Waals surface area contributed by atoms with Crippen LogP contribution in [-0.4, -0.2) is 50.2 Å². The van der Waals surface area contributed by atoms with Gasteiger partial charge in [-0.15, -0.1) is 0 Å². The molecule has 0 bridgehead atoms. The Bertz CT molecular complexity index is 806. The fourth-order valence-corrected chi connectivity index (χ4v) is 4.32. The molecule has 3 aliphatic rings. The molecule has 1 aliphatic carbocycles. The molecule has 7 nitrogen and oxygen atoms in total. The third-order valence-corrected chi connectivity index (χ3v) is 5.75. The number of carbonyl (C=O) groups excluding carboxylic acids is 2. The van der Waals surface area contributed by atoms with Crippen LogP contribution in [0.5, 0.6) is 11.5 Å². The first kappa shape index (κ1) is 18.8. The van der Waals surface area contributed by atoms with Crippen LogP contribution < -0.4 is 14.8 Å². The highest BCUT2D eigenvalue weighted by Crippen LogP contribution is 2.47. The van der Waals surface area contributed by atoms with Crippen molar-refractivity contribution in [1.29, 1.82) is 0 Å². The second kappa shape index (κ2) is 7.83. The molecule has 28 heavy (non-hydrogen) atoms. The Labute approximate surface area is 164 Å². The molecule has 0 radical (unpaired) electrons. The highest BCUT2D eigenvalue weighted by atomic mass is 16.6. The van der Waals surface area contributed by atoms with Crippen LogP contribution >= 0.6 is 0 Å². The van der Waals surface area contributed by atoms with Crippen molar-refractivity contribution in [2.45, 2.75) is 32.1 Å². The van der Waals surface area contributed by atoms with E-state index in [0.29, 0.717) is 56.4 Å². The van der Waals surface area contributed by atoms with Crippen LogP contribution in [0.3, 0.4) is 0 Å². The van der Waals surface area contributed by atoms with Gasteiger partial charge < -0.3 is 24.4 Å². The summed E-state index contributed by atoms with van der Waals surface area (Å²) < 4.78 is 16.3. The van der Waals surface area contributed by atoms with E-state index < -0.39 is 5.41 Å². The third-order valence-electron chi connectivity index (χ3n) is 5.75. The fourth-order valence-electron chi connectivity index (χ4n) is 4.32. The SMILES string of the molecule is COCCN1C(=O)CC[C@]2(C(=O)Nc3ccc4c(c3)OCCO4)CCCC=C12. The summed E-state index contributed by atoms with van der Waals surface area (Å²) in [7, 11) is 1.62. The lowest BCUT2D eigenvalue weighted by Gasteiger charge is -2.46. The van der Waals surface area contributed by atoms with Crippen molar-refractivity contribution in [3.63, 3.8) is 0 Å². The molecule has 1 aromatic rings. The van der Waals surface area contributed by atoms with Gasteiger partial charge in [-0.05, 0) is 37.8 Å². The first-order chi connectivity index (χ1) is 13.6. The molecule has 0 unspecified atom stereocenters. The van der Waals surface area contributed by atoms with E-state index in [4.69, 9.17) is 14.2 Å². The van der Waals surface area contributed by atoms with E-state index in [-0.39, 0.29) is 11.8 Å². The number of hydrogen-bond acceptors (Lipinski definition) is 5. The van der Waals surface area contributed by atoms with E-state index in [2.05, 4.69) is 11.4 Å². The number of piperidine rings is 1. The molecule has 7 heteroatoms. The summed E-state index contributed by atoms with van der Waals surface area (Å²) in [6.45, 7) is 1.95. The van der Waals surface area contributed by atoms with Crippen molar-refractivity contribution in [3.05, 3.63) is 30.0 Å². The fraction of sp³-hybridized carbons (Fsp3) is 0.524. The van der Waals surface area contributed by atoms with E-state index in [1.165, 1.54) is 0 Å². The number of hydrogen-bond donors (Lipinski definition) is 1. The van der Waals surface area contributed by atoms with Crippen LogP contribution in [-0.2, 0) is 14.3 Å². The van der Waals surface area contributed by atoms with Gasteiger partial charge in [0, 0.05) is 37.5 Å². The van der Waals surface area contributed by atoms with Gasteiger partial charge in [0.05, 0.1) is 12.0 Å².